The van der Waals surface area contributed by atoms with E-state index in [0.29, 0.717) is 11.5 Å². The Kier molecular flexibility index (Phi) is 5.12. The third kappa shape index (κ3) is 4.67. The number of rotatable bonds is 6. The van der Waals surface area contributed by atoms with Crippen LogP contribution in [0.2, 0.25) is 0 Å². The molecule has 2 aromatic rings. The highest BCUT2D eigenvalue weighted by Gasteiger charge is 2.20. The molecule has 1 N–H and O–H groups in total. The highest BCUT2D eigenvalue weighted by atomic mass is 32.2. The maximum atomic E-state index is 12.1. The van der Waals surface area contributed by atoms with E-state index in [-0.39, 0.29) is 11.4 Å². The number of furan rings is 1. The number of benzene rings is 1. The number of carbonyl (C=O) groups is 1. The van der Waals surface area contributed by atoms with Crippen LogP contribution in [-0.2, 0) is 5.75 Å². The maximum Gasteiger partial charge on any atom is 0.287 e. The van der Waals surface area contributed by atoms with Crippen LogP contribution in [0.5, 0.6) is 0 Å². The van der Waals surface area contributed by atoms with E-state index >= 15 is 0 Å². The van der Waals surface area contributed by atoms with Crippen LogP contribution in [0, 0.1) is 0 Å². The molecule has 1 aromatic carbocycles. The van der Waals surface area contributed by atoms with Gasteiger partial charge >= 0.3 is 0 Å². The third-order valence-corrected chi connectivity index (χ3v) is 4.38. The van der Waals surface area contributed by atoms with Gasteiger partial charge in [0.05, 0.1) is 5.75 Å². The van der Waals surface area contributed by atoms with Crippen LogP contribution in [0.4, 0.5) is 0 Å². The van der Waals surface area contributed by atoms with Crippen LogP contribution in [0.1, 0.15) is 43.5 Å². The van der Waals surface area contributed by atoms with Gasteiger partial charge in [0.2, 0.25) is 0 Å². The lowest BCUT2D eigenvalue weighted by molar-refractivity contribution is 0.0881. The second-order valence-electron chi connectivity index (χ2n) is 5.56. The Hall–Kier alpha value is -1.68. The number of thioether (sulfide) groups is 1. The molecule has 0 saturated heterocycles. The minimum atomic E-state index is -0.219. The summed E-state index contributed by atoms with van der Waals surface area (Å²) in [5.41, 5.74) is -0.219. The standard InChI is InChI=1S/C17H21NO2S/c1-4-17(2,3)18-16(19)15-11-10-13(20-15)12-21-14-8-6-5-7-9-14/h5-11H,4,12H2,1-3H3,(H,18,19). The molecule has 0 fully saturated rings. The molecule has 112 valence electrons. The lowest BCUT2D eigenvalue weighted by Crippen LogP contribution is -2.42. The van der Waals surface area contributed by atoms with E-state index in [1.54, 1.807) is 17.8 Å². The molecule has 0 saturated carbocycles. The Bertz CT molecular complexity index is 590. The average molecular weight is 303 g/mol. The SMILES string of the molecule is CCC(C)(C)NC(=O)c1ccc(CSc2ccccc2)o1. The molecule has 1 aromatic heterocycles. The van der Waals surface area contributed by atoms with E-state index < -0.39 is 0 Å². The van der Waals surface area contributed by atoms with Gasteiger partial charge in [0.25, 0.3) is 5.91 Å². The number of hydrogen-bond donors (Lipinski definition) is 1. The Morgan fingerprint density at radius 3 is 2.57 bits per heavy atom. The zero-order valence-corrected chi connectivity index (χ0v) is 13.5. The molecule has 0 unspecified atom stereocenters. The first-order valence-electron chi connectivity index (χ1n) is 7.09. The molecule has 3 nitrogen and oxygen atoms in total. The largest absolute Gasteiger partial charge is 0.455 e. The zero-order chi connectivity index (χ0) is 15.3. The fourth-order valence-corrected chi connectivity index (χ4v) is 2.52. The number of amides is 1. The van der Waals surface area contributed by atoms with E-state index in [0.717, 1.165) is 12.2 Å². The van der Waals surface area contributed by atoms with Gasteiger partial charge in [-0.05, 0) is 44.5 Å². The molecule has 1 amide bonds. The highest BCUT2D eigenvalue weighted by molar-refractivity contribution is 7.98. The summed E-state index contributed by atoms with van der Waals surface area (Å²) in [4.78, 5) is 13.3. The second kappa shape index (κ2) is 6.85. The van der Waals surface area contributed by atoms with Crippen LogP contribution >= 0.6 is 11.8 Å². The first kappa shape index (κ1) is 15.7. The average Bonchev–Trinajstić information content (AvgIpc) is 2.95. The normalized spacial score (nSPS) is 11.4. The van der Waals surface area contributed by atoms with Crippen molar-refractivity contribution in [3.8, 4) is 0 Å². The Balaban J connectivity index is 1.93. The van der Waals surface area contributed by atoms with Crippen LogP contribution in [0.25, 0.3) is 0 Å². The maximum absolute atomic E-state index is 12.1. The molecular formula is C17H21NO2S. The molecule has 2 rings (SSSR count). The molecular weight excluding hydrogens is 282 g/mol. The summed E-state index contributed by atoms with van der Waals surface area (Å²) in [7, 11) is 0. The fourth-order valence-electron chi connectivity index (χ4n) is 1.71. The van der Waals surface area contributed by atoms with Crippen molar-refractivity contribution in [2.24, 2.45) is 0 Å². The molecule has 0 atom stereocenters. The van der Waals surface area contributed by atoms with Gasteiger partial charge in [-0.25, -0.2) is 0 Å². The smallest absolute Gasteiger partial charge is 0.287 e. The van der Waals surface area contributed by atoms with Crippen molar-refractivity contribution in [1.82, 2.24) is 5.32 Å². The topological polar surface area (TPSA) is 42.2 Å². The van der Waals surface area contributed by atoms with Crippen molar-refractivity contribution in [2.75, 3.05) is 0 Å². The van der Waals surface area contributed by atoms with Gasteiger partial charge < -0.3 is 9.73 Å². The molecule has 4 heteroatoms. The second-order valence-corrected chi connectivity index (χ2v) is 6.61. The number of hydrogen-bond acceptors (Lipinski definition) is 3. The molecule has 0 aliphatic carbocycles. The third-order valence-electron chi connectivity index (χ3n) is 3.35. The minimum Gasteiger partial charge on any atom is -0.455 e. The fraction of sp³-hybridized carbons (Fsp3) is 0.353. The molecule has 0 bridgehead atoms. The highest BCUT2D eigenvalue weighted by Crippen LogP contribution is 2.23. The van der Waals surface area contributed by atoms with Crippen molar-refractivity contribution in [1.29, 1.82) is 0 Å². The predicted molar refractivity (Wildman–Crippen MR) is 86.5 cm³/mol. The molecule has 0 aliphatic rings. The minimum absolute atomic E-state index is 0.155. The summed E-state index contributed by atoms with van der Waals surface area (Å²) >= 11 is 1.69. The lowest BCUT2D eigenvalue weighted by atomic mass is 10.0. The van der Waals surface area contributed by atoms with E-state index in [1.807, 2.05) is 45.0 Å². The summed E-state index contributed by atoms with van der Waals surface area (Å²) in [5.74, 6) is 1.75. The molecule has 0 radical (unpaired) electrons. The summed E-state index contributed by atoms with van der Waals surface area (Å²) < 4.78 is 5.62. The van der Waals surface area contributed by atoms with E-state index in [2.05, 4.69) is 17.4 Å². The zero-order valence-electron chi connectivity index (χ0n) is 12.7. The van der Waals surface area contributed by atoms with Gasteiger partial charge in [-0.15, -0.1) is 11.8 Å². The van der Waals surface area contributed by atoms with Gasteiger partial charge in [0, 0.05) is 10.4 Å². The summed E-state index contributed by atoms with van der Waals surface area (Å²) in [6, 6.07) is 13.7. The molecule has 0 spiro atoms. The van der Waals surface area contributed by atoms with Gasteiger partial charge in [0.15, 0.2) is 5.76 Å². The summed E-state index contributed by atoms with van der Waals surface area (Å²) in [6.07, 6.45) is 0.871. The molecule has 1 heterocycles. The first-order chi connectivity index (χ1) is 10.00. The molecule has 0 aliphatic heterocycles. The Labute approximate surface area is 130 Å². The van der Waals surface area contributed by atoms with E-state index in [4.69, 9.17) is 4.42 Å². The number of nitrogens with one attached hydrogen (secondary N) is 1. The first-order valence-corrected chi connectivity index (χ1v) is 8.08. The number of carbonyl (C=O) groups excluding carboxylic acids is 1. The van der Waals surface area contributed by atoms with Crippen molar-refractivity contribution in [3.63, 3.8) is 0 Å². The van der Waals surface area contributed by atoms with Crippen LogP contribution in [0.3, 0.4) is 0 Å². The quantitative estimate of drug-likeness (QED) is 0.799. The van der Waals surface area contributed by atoms with E-state index in [1.165, 1.54) is 4.90 Å². The van der Waals surface area contributed by atoms with E-state index in [9.17, 15) is 4.79 Å². The lowest BCUT2D eigenvalue weighted by Gasteiger charge is -2.23. The summed E-state index contributed by atoms with van der Waals surface area (Å²) in [6.45, 7) is 6.05. The van der Waals surface area contributed by atoms with Crippen molar-refractivity contribution in [2.45, 2.75) is 43.4 Å². The van der Waals surface area contributed by atoms with Crippen molar-refractivity contribution in [3.05, 3.63) is 54.0 Å². The van der Waals surface area contributed by atoms with Crippen LogP contribution in [0.15, 0.2) is 51.8 Å². The van der Waals surface area contributed by atoms with Gasteiger partial charge in [-0.3, -0.25) is 4.79 Å². The van der Waals surface area contributed by atoms with Crippen molar-refractivity contribution >= 4 is 17.7 Å². The predicted octanol–water partition coefficient (Wildman–Crippen LogP) is 4.49. The van der Waals surface area contributed by atoms with Gasteiger partial charge in [-0.1, -0.05) is 25.1 Å². The van der Waals surface area contributed by atoms with Gasteiger partial charge in [0.1, 0.15) is 5.76 Å². The monoisotopic (exact) mass is 303 g/mol. The van der Waals surface area contributed by atoms with Crippen LogP contribution in [-0.4, -0.2) is 11.4 Å². The Morgan fingerprint density at radius 2 is 1.90 bits per heavy atom. The Morgan fingerprint density at radius 1 is 1.19 bits per heavy atom. The molecule has 21 heavy (non-hydrogen) atoms. The van der Waals surface area contributed by atoms with Gasteiger partial charge in [-0.2, -0.15) is 0 Å². The summed E-state index contributed by atoms with van der Waals surface area (Å²) in [5, 5.41) is 2.97. The van der Waals surface area contributed by atoms with Crippen LogP contribution < -0.4 is 5.32 Å². The van der Waals surface area contributed by atoms with Crippen molar-refractivity contribution < 1.29 is 9.21 Å².